The largest absolute Gasteiger partial charge is 0.298 e. The van der Waals surface area contributed by atoms with E-state index in [1.165, 1.54) is 0 Å². The summed E-state index contributed by atoms with van der Waals surface area (Å²) in [5.74, 6) is 0.620. The zero-order valence-corrected chi connectivity index (χ0v) is 14.9. The van der Waals surface area contributed by atoms with Gasteiger partial charge in [0, 0.05) is 16.7 Å². The van der Waals surface area contributed by atoms with Crippen LogP contribution in [0.1, 0.15) is 39.3 Å². The molecule has 4 heteroatoms. The van der Waals surface area contributed by atoms with Crippen LogP contribution in [0.25, 0.3) is 10.8 Å². The van der Waals surface area contributed by atoms with E-state index >= 15 is 0 Å². The highest BCUT2D eigenvalue weighted by Crippen LogP contribution is 2.67. The summed E-state index contributed by atoms with van der Waals surface area (Å²) in [5, 5.41) is 11.9. The Bertz CT molecular complexity index is 816. The summed E-state index contributed by atoms with van der Waals surface area (Å²) in [6.45, 7) is 8.81. The average molecular weight is 326 g/mol. The van der Waals surface area contributed by atoms with Crippen molar-refractivity contribution >= 4 is 28.3 Å². The second kappa shape index (κ2) is 4.79. The van der Waals surface area contributed by atoms with Gasteiger partial charge in [0.2, 0.25) is 0 Å². The molecule has 2 aromatic rings. The van der Waals surface area contributed by atoms with Gasteiger partial charge in [-0.25, -0.2) is 0 Å². The molecular weight excluding hydrogens is 304 g/mol. The second-order valence-corrected chi connectivity index (χ2v) is 8.86. The lowest BCUT2D eigenvalue weighted by molar-refractivity contribution is -0.122. The van der Waals surface area contributed by atoms with E-state index in [0.717, 1.165) is 34.3 Å². The highest BCUT2D eigenvalue weighted by atomic mass is 32.2. The summed E-state index contributed by atoms with van der Waals surface area (Å²) in [6.07, 6.45) is 2.17. The fraction of sp³-hybridized carbons (Fsp3) is 0.526. The summed E-state index contributed by atoms with van der Waals surface area (Å²) >= 11 is 1.64. The zero-order valence-electron chi connectivity index (χ0n) is 14.1. The molecule has 0 N–H and O–H groups in total. The normalized spacial score (nSPS) is 31.9. The van der Waals surface area contributed by atoms with E-state index in [9.17, 15) is 4.79 Å². The van der Waals surface area contributed by atoms with Crippen molar-refractivity contribution in [1.82, 2.24) is 10.2 Å². The van der Waals surface area contributed by atoms with Gasteiger partial charge in [0.05, 0.1) is 10.9 Å². The Balaban J connectivity index is 1.78. The van der Waals surface area contributed by atoms with Crippen LogP contribution in [0.5, 0.6) is 0 Å². The molecule has 2 saturated carbocycles. The van der Waals surface area contributed by atoms with Crippen molar-refractivity contribution in [2.75, 3.05) is 0 Å². The Morgan fingerprint density at radius 1 is 1.13 bits per heavy atom. The van der Waals surface area contributed by atoms with Crippen molar-refractivity contribution in [1.29, 1.82) is 0 Å². The Hall–Kier alpha value is -1.42. The number of benzene rings is 1. The smallest absolute Gasteiger partial charge is 0.150 e. The highest BCUT2D eigenvalue weighted by molar-refractivity contribution is 8.00. The van der Waals surface area contributed by atoms with Gasteiger partial charge in [0.1, 0.15) is 10.8 Å². The molecule has 2 bridgehead atoms. The number of ketones is 1. The summed E-state index contributed by atoms with van der Waals surface area (Å²) in [4.78, 5) is 12.9. The Kier molecular flexibility index (Phi) is 3.15. The van der Waals surface area contributed by atoms with Crippen LogP contribution in [0, 0.1) is 23.7 Å². The lowest BCUT2D eigenvalue weighted by Crippen LogP contribution is -2.35. The first-order chi connectivity index (χ1) is 10.9. The fourth-order valence-electron chi connectivity index (χ4n) is 4.59. The fourth-order valence-corrected chi connectivity index (χ4v) is 6.17. The average Bonchev–Trinajstić information content (AvgIpc) is 2.83. The van der Waals surface area contributed by atoms with E-state index in [0.29, 0.717) is 5.78 Å². The third-order valence-corrected chi connectivity index (χ3v) is 8.06. The topological polar surface area (TPSA) is 42.9 Å². The number of carbonyl (C=O) groups excluding carboxylic acids is 1. The van der Waals surface area contributed by atoms with Gasteiger partial charge in [-0.3, -0.25) is 4.79 Å². The van der Waals surface area contributed by atoms with Crippen molar-refractivity contribution in [3.05, 3.63) is 30.0 Å². The number of thioether (sulfide) groups is 1. The van der Waals surface area contributed by atoms with Crippen LogP contribution in [0.3, 0.4) is 0 Å². The van der Waals surface area contributed by atoms with Crippen LogP contribution in [0.2, 0.25) is 0 Å². The monoisotopic (exact) mass is 326 g/mol. The predicted octanol–water partition coefficient (Wildman–Crippen LogP) is 4.42. The van der Waals surface area contributed by atoms with E-state index in [-0.39, 0.29) is 22.0 Å². The molecule has 0 radical (unpaired) electrons. The van der Waals surface area contributed by atoms with E-state index in [4.69, 9.17) is 0 Å². The molecule has 2 fully saturated rings. The van der Waals surface area contributed by atoms with Gasteiger partial charge >= 0.3 is 0 Å². The number of Topliss-reactive ketones (excluding diaryl/α,β-unsaturated/α-hetero) is 1. The quantitative estimate of drug-likeness (QED) is 0.819. The molecule has 120 valence electrons. The van der Waals surface area contributed by atoms with E-state index in [1.54, 1.807) is 11.8 Å². The molecule has 0 spiro atoms. The minimum absolute atomic E-state index is 0.00309. The third-order valence-electron chi connectivity index (χ3n) is 6.54. The van der Waals surface area contributed by atoms with Crippen LogP contribution in [-0.4, -0.2) is 21.2 Å². The maximum atomic E-state index is 12.9. The van der Waals surface area contributed by atoms with Crippen molar-refractivity contribution < 1.29 is 4.79 Å². The summed E-state index contributed by atoms with van der Waals surface area (Å²) in [6, 6.07) is 8.22. The minimum Gasteiger partial charge on any atom is -0.298 e. The van der Waals surface area contributed by atoms with Crippen LogP contribution < -0.4 is 0 Å². The van der Waals surface area contributed by atoms with Crippen molar-refractivity contribution in [3.63, 3.8) is 0 Å². The molecule has 0 amide bonds. The number of rotatable bonds is 2. The number of nitrogens with zero attached hydrogens (tertiary/aromatic N) is 2. The lowest BCUT2D eigenvalue weighted by Gasteiger charge is -2.37. The first-order valence-corrected chi connectivity index (χ1v) is 9.16. The second-order valence-electron chi connectivity index (χ2n) is 7.77. The van der Waals surface area contributed by atoms with Crippen LogP contribution in [0.15, 0.2) is 29.3 Å². The number of aryl methyl sites for hydroxylation is 1. The third kappa shape index (κ3) is 1.87. The van der Waals surface area contributed by atoms with Crippen LogP contribution in [-0.2, 0) is 4.79 Å². The van der Waals surface area contributed by atoms with Gasteiger partial charge in [-0.1, -0.05) is 56.8 Å². The standard InChI is InChI=1S/C19H22N2OS/c1-11-12-7-5-6-8-13(12)17(21-20-11)23-16-15(22)14-9-10-19(16,4)18(14,2)3/h5-8,14,16H,9-10H2,1-4H3/t14-,16+,19+/m1/s1. The lowest BCUT2D eigenvalue weighted by atomic mass is 9.71. The molecule has 1 aromatic heterocycles. The van der Waals surface area contributed by atoms with E-state index in [2.05, 4.69) is 43.1 Å². The molecule has 0 saturated heterocycles. The number of hydrogen-bond donors (Lipinski definition) is 0. The molecule has 0 unspecified atom stereocenters. The number of fused-ring (bicyclic) bond motifs is 3. The summed E-state index contributed by atoms with van der Waals surface area (Å²) in [5.41, 5.74) is 1.07. The molecule has 2 aliphatic carbocycles. The molecule has 3 atom stereocenters. The Labute approximate surface area is 141 Å². The van der Waals surface area contributed by atoms with Gasteiger partial charge in [0.15, 0.2) is 0 Å². The molecular formula is C19H22N2OS. The maximum absolute atomic E-state index is 12.9. The molecule has 1 heterocycles. The van der Waals surface area contributed by atoms with E-state index < -0.39 is 0 Å². The minimum atomic E-state index is -0.00309. The molecule has 2 aliphatic rings. The first-order valence-electron chi connectivity index (χ1n) is 8.29. The first kappa shape index (κ1) is 15.1. The molecule has 23 heavy (non-hydrogen) atoms. The zero-order chi connectivity index (χ0) is 16.4. The highest BCUT2D eigenvalue weighted by Gasteiger charge is 2.66. The predicted molar refractivity (Wildman–Crippen MR) is 93.5 cm³/mol. The number of carbonyl (C=O) groups is 1. The molecule has 3 nitrogen and oxygen atoms in total. The van der Waals surface area contributed by atoms with Gasteiger partial charge < -0.3 is 0 Å². The van der Waals surface area contributed by atoms with Crippen LogP contribution >= 0.6 is 11.8 Å². The van der Waals surface area contributed by atoms with Gasteiger partial charge in [0.25, 0.3) is 0 Å². The van der Waals surface area contributed by atoms with Gasteiger partial charge in [-0.05, 0) is 30.6 Å². The summed E-state index contributed by atoms with van der Waals surface area (Å²) in [7, 11) is 0. The molecule has 1 aromatic carbocycles. The number of hydrogen-bond acceptors (Lipinski definition) is 4. The summed E-state index contributed by atoms with van der Waals surface area (Å²) < 4.78 is 0. The Morgan fingerprint density at radius 2 is 1.83 bits per heavy atom. The van der Waals surface area contributed by atoms with Crippen LogP contribution in [0.4, 0.5) is 0 Å². The SMILES string of the molecule is Cc1nnc(S[C@H]2C(=O)[C@H]3CC[C@]2(C)C3(C)C)c2ccccc12. The van der Waals surface area contributed by atoms with Gasteiger partial charge in [-0.2, -0.15) is 5.10 Å². The van der Waals surface area contributed by atoms with Crippen molar-refractivity contribution in [3.8, 4) is 0 Å². The molecule has 4 rings (SSSR count). The number of aromatic nitrogens is 2. The van der Waals surface area contributed by atoms with Gasteiger partial charge in [-0.15, -0.1) is 5.10 Å². The van der Waals surface area contributed by atoms with E-state index in [1.807, 2.05) is 19.1 Å². The molecule has 0 aliphatic heterocycles. The Morgan fingerprint density at radius 3 is 2.48 bits per heavy atom. The van der Waals surface area contributed by atoms with Crippen molar-refractivity contribution in [2.45, 2.75) is 50.8 Å². The maximum Gasteiger partial charge on any atom is 0.150 e. The van der Waals surface area contributed by atoms with Crippen molar-refractivity contribution in [2.24, 2.45) is 16.7 Å².